The SMILES string of the molecule is CC(C)c1noc(NCCN2CCc3ccccc3C2)n1. The first-order valence-electron chi connectivity index (χ1n) is 7.59. The molecule has 0 unspecified atom stereocenters. The normalized spacial score (nSPS) is 15.2. The fourth-order valence-electron chi connectivity index (χ4n) is 2.61. The fraction of sp³-hybridized carbons (Fsp3) is 0.500. The molecule has 5 nitrogen and oxygen atoms in total. The zero-order valence-corrected chi connectivity index (χ0v) is 12.7. The number of hydrogen-bond donors (Lipinski definition) is 1. The lowest BCUT2D eigenvalue weighted by Gasteiger charge is -2.28. The molecule has 0 fully saturated rings. The first-order valence-corrected chi connectivity index (χ1v) is 7.59. The summed E-state index contributed by atoms with van der Waals surface area (Å²) in [6.07, 6.45) is 1.13. The Kier molecular flexibility index (Phi) is 4.20. The van der Waals surface area contributed by atoms with Crippen molar-refractivity contribution in [2.24, 2.45) is 0 Å². The van der Waals surface area contributed by atoms with Crippen LogP contribution in [0.5, 0.6) is 0 Å². The largest absolute Gasteiger partial charge is 0.336 e. The monoisotopic (exact) mass is 286 g/mol. The first kappa shape index (κ1) is 14.1. The molecule has 0 atom stereocenters. The van der Waals surface area contributed by atoms with Crippen molar-refractivity contribution in [2.45, 2.75) is 32.7 Å². The quantitative estimate of drug-likeness (QED) is 0.916. The van der Waals surface area contributed by atoms with Crippen molar-refractivity contribution in [1.29, 1.82) is 0 Å². The molecule has 2 heterocycles. The van der Waals surface area contributed by atoms with Crippen LogP contribution in [0.25, 0.3) is 0 Å². The average molecular weight is 286 g/mol. The fourth-order valence-corrected chi connectivity index (χ4v) is 2.61. The molecule has 0 amide bonds. The number of anilines is 1. The van der Waals surface area contributed by atoms with E-state index in [0.717, 1.165) is 38.4 Å². The number of aromatic nitrogens is 2. The Bertz CT molecular complexity index is 593. The maximum absolute atomic E-state index is 5.18. The molecule has 0 bridgehead atoms. The van der Waals surface area contributed by atoms with Crippen LogP contribution in [0, 0.1) is 0 Å². The van der Waals surface area contributed by atoms with E-state index < -0.39 is 0 Å². The molecule has 21 heavy (non-hydrogen) atoms. The third kappa shape index (κ3) is 3.42. The summed E-state index contributed by atoms with van der Waals surface area (Å²) < 4.78 is 5.18. The van der Waals surface area contributed by atoms with E-state index in [1.807, 2.05) is 0 Å². The summed E-state index contributed by atoms with van der Waals surface area (Å²) in [5.74, 6) is 1.05. The zero-order chi connectivity index (χ0) is 14.7. The number of benzene rings is 1. The summed E-state index contributed by atoms with van der Waals surface area (Å²) in [4.78, 5) is 6.77. The van der Waals surface area contributed by atoms with E-state index in [2.05, 4.69) is 58.5 Å². The summed E-state index contributed by atoms with van der Waals surface area (Å²) in [6.45, 7) is 8.05. The number of fused-ring (bicyclic) bond motifs is 1. The molecular formula is C16H22N4O. The molecule has 2 aromatic rings. The minimum Gasteiger partial charge on any atom is -0.336 e. The molecule has 1 aliphatic heterocycles. The second kappa shape index (κ2) is 6.26. The summed E-state index contributed by atoms with van der Waals surface area (Å²) in [7, 11) is 0. The van der Waals surface area contributed by atoms with E-state index in [1.54, 1.807) is 0 Å². The Hall–Kier alpha value is -1.88. The van der Waals surface area contributed by atoms with Gasteiger partial charge in [-0.2, -0.15) is 4.98 Å². The summed E-state index contributed by atoms with van der Waals surface area (Å²) in [6, 6.07) is 9.22. The van der Waals surface area contributed by atoms with Crippen molar-refractivity contribution in [2.75, 3.05) is 25.0 Å². The van der Waals surface area contributed by atoms with Gasteiger partial charge in [-0.15, -0.1) is 0 Å². The average Bonchev–Trinajstić information content (AvgIpc) is 2.96. The lowest BCUT2D eigenvalue weighted by atomic mass is 10.00. The van der Waals surface area contributed by atoms with Crippen LogP contribution in [-0.4, -0.2) is 34.7 Å². The highest BCUT2D eigenvalue weighted by molar-refractivity contribution is 5.29. The molecule has 5 heteroatoms. The number of hydrogen-bond acceptors (Lipinski definition) is 5. The summed E-state index contributed by atoms with van der Waals surface area (Å²) in [5, 5.41) is 7.16. The Morgan fingerprint density at radius 1 is 1.29 bits per heavy atom. The van der Waals surface area contributed by atoms with Crippen molar-refractivity contribution in [1.82, 2.24) is 15.0 Å². The standard InChI is InChI=1S/C16H22N4O/c1-12(2)15-18-16(21-19-15)17-8-10-20-9-7-13-5-3-4-6-14(13)11-20/h3-6,12H,7-11H2,1-2H3,(H,17,18,19). The van der Waals surface area contributed by atoms with Crippen LogP contribution in [0.2, 0.25) is 0 Å². The van der Waals surface area contributed by atoms with Gasteiger partial charge in [0.25, 0.3) is 0 Å². The van der Waals surface area contributed by atoms with E-state index in [0.29, 0.717) is 11.9 Å². The van der Waals surface area contributed by atoms with E-state index in [-0.39, 0.29) is 0 Å². The van der Waals surface area contributed by atoms with Gasteiger partial charge in [-0.05, 0) is 17.5 Å². The first-order chi connectivity index (χ1) is 10.2. The highest BCUT2D eigenvalue weighted by atomic mass is 16.5. The predicted molar refractivity (Wildman–Crippen MR) is 82.3 cm³/mol. The number of nitrogens with one attached hydrogen (secondary N) is 1. The van der Waals surface area contributed by atoms with Crippen LogP contribution in [0.15, 0.2) is 28.8 Å². The minimum atomic E-state index is 0.294. The van der Waals surface area contributed by atoms with Gasteiger partial charge in [-0.25, -0.2) is 0 Å². The van der Waals surface area contributed by atoms with Crippen molar-refractivity contribution in [3.05, 3.63) is 41.2 Å². The highest BCUT2D eigenvalue weighted by Crippen LogP contribution is 2.18. The second-order valence-corrected chi connectivity index (χ2v) is 5.83. The topological polar surface area (TPSA) is 54.2 Å². The lowest BCUT2D eigenvalue weighted by molar-refractivity contribution is 0.263. The van der Waals surface area contributed by atoms with Gasteiger partial charge in [-0.1, -0.05) is 43.3 Å². The second-order valence-electron chi connectivity index (χ2n) is 5.83. The van der Waals surface area contributed by atoms with Gasteiger partial charge in [0.15, 0.2) is 5.82 Å². The zero-order valence-electron chi connectivity index (χ0n) is 12.7. The van der Waals surface area contributed by atoms with Crippen LogP contribution in [0.1, 0.15) is 36.7 Å². The molecule has 0 spiro atoms. The molecule has 1 aromatic carbocycles. The van der Waals surface area contributed by atoms with Gasteiger partial charge in [0.2, 0.25) is 0 Å². The Morgan fingerprint density at radius 2 is 2.10 bits per heavy atom. The van der Waals surface area contributed by atoms with Crippen LogP contribution >= 0.6 is 0 Å². The number of nitrogens with zero attached hydrogens (tertiary/aromatic N) is 3. The highest BCUT2D eigenvalue weighted by Gasteiger charge is 2.15. The van der Waals surface area contributed by atoms with Crippen molar-refractivity contribution in [3.8, 4) is 0 Å². The summed E-state index contributed by atoms with van der Waals surface area (Å²) in [5.41, 5.74) is 2.93. The Morgan fingerprint density at radius 3 is 2.86 bits per heavy atom. The van der Waals surface area contributed by atoms with Crippen LogP contribution in [0.3, 0.4) is 0 Å². The van der Waals surface area contributed by atoms with Crippen molar-refractivity contribution in [3.63, 3.8) is 0 Å². The Balaban J connectivity index is 1.48. The third-order valence-electron chi connectivity index (χ3n) is 3.87. The molecule has 1 N–H and O–H groups in total. The van der Waals surface area contributed by atoms with Gasteiger partial charge in [0.1, 0.15) is 0 Å². The maximum Gasteiger partial charge on any atom is 0.321 e. The molecule has 112 valence electrons. The smallest absolute Gasteiger partial charge is 0.321 e. The van der Waals surface area contributed by atoms with Gasteiger partial charge >= 0.3 is 6.01 Å². The maximum atomic E-state index is 5.18. The molecule has 0 aliphatic carbocycles. The van der Waals surface area contributed by atoms with Crippen molar-refractivity contribution < 1.29 is 4.52 Å². The van der Waals surface area contributed by atoms with Crippen molar-refractivity contribution >= 4 is 6.01 Å². The molecule has 0 saturated carbocycles. The van der Waals surface area contributed by atoms with Gasteiger partial charge < -0.3 is 9.84 Å². The van der Waals surface area contributed by atoms with E-state index >= 15 is 0 Å². The van der Waals surface area contributed by atoms with Crippen LogP contribution < -0.4 is 5.32 Å². The minimum absolute atomic E-state index is 0.294. The summed E-state index contributed by atoms with van der Waals surface area (Å²) >= 11 is 0. The van der Waals surface area contributed by atoms with Gasteiger partial charge in [0.05, 0.1) is 0 Å². The molecule has 0 saturated heterocycles. The molecule has 1 aromatic heterocycles. The van der Waals surface area contributed by atoms with E-state index in [4.69, 9.17) is 4.52 Å². The molecule has 1 aliphatic rings. The van der Waals surface area contributed by atoms with E-state index in [1.165, 1.54) is 11.1 Å². The molecule has 3 rings (SSSR count). The predicted octanol–water partition coefficient (Wildman–Crippen LogP) is 2.66. The Labute approximate surface area is 125 Å². The van der Waals surface area contributed by atoms with Crippen LogP contribution in [-0.2, 0) is 13.0 Å². The number of rotatable bonds is 5. The molecule has 0 radical (unpaired) electrons. The third-order valence-corrected chi connectivity index (χ3v) is 3.87. The lowest BCUT2D eigenvalue weighted by Crippen LogP contribution is -2.34. The van der Waals surface area contributed by atoms with Crippen LogP contribution in [0.4, 0.5) is 6.01 Å². The molecular weight excluding hydrogens is 264 g/mol. The van der Waals surface area contributed by atoms with Gasteiger partial charge in [-0.3, -0.25) is 4.90 Å². The van der Waals surface area contributed by atoms with Gasteiger partial charge in [0, 0.05) is 32.1 Å². The van der Waals surface area contributed by atoms with E-state index in [9.17, 15) is 0 Å².